The molecule has 0 heterocycles. The molecule has 0 spiro atoms. The molecule has 16 heavy (non-hydrogen) atoms. The van der Waals surface area contributed by atoms with Crippen molar-refractivity contribution in [2.75, 3.05) is 11.9 Å². The van der Waals surface area contributed by atoms with Crippen LogP contribution in [0.1, 0.15) is 6.42 Å². The minimum absolute atomic E-state index is 0.00400. The first kappa shape index (κ1) is 12.6. The molecule has 0 unspecified atom stereocenters. The molecule has 0 radical (unpaired) electrons. The van der Waals surface area contributed by atoms with Crippen molar-refractivity contribution in [1.82, 2.24) is 0 Å². The lowest BCUT2D eigenvalue weighted by Crippen LogP contribution is -2.16. The number of hydrogen-bond donors (Lipinski definition) is 3. The van der Waals surface area contributed by atoms with Gasteiger partial charge in [-0.15, -0.1) is 0 Å². The lowest BCUT2D eigenvalue weighted by molar-refractivity contribution is -0.116. The van der Waals surface area contributed by atoms with Gasteiger partial charge in [0, 0.05) is 18.7 Å². The molecular formula is C9H13N3O3S. The number of hydrogen-bond acceptors (Lipinski definition) is 4. The lowest BCUT2D eigenvalue weighted by Gasteiger charge is -2.04. The Balaban J connectivity index is 2.76. The van der Waals surface area contributed by atoms with Crippen molar-refractivity contribution in [3.05, 3.63) is 24.3 Å². The van der Waals surface area contributed by atoms with Crippen LogP contribution in [0.15, 0.2) is 29.2 Å². The third-order valence-corrected chi connectivity index (χ3v) is 2.77. The number of rotatable bonds is 4. The van der Waals surface area contributed by atoms with E-state index in [0.29, 0.717) is 5.69 Å². The molecule has 5 N–H and O–H groups in total. The van der Waals surface area contributed by atoms with Crippen molar-refractivity contribution in [3.8, 4) is 0 Å². The molecule has 88 valence electrons. The molecule has 0 bridgehead atoms. The highest BCUT2D eigenvalue weighted by Crippen LogP contribution is 2.12. The highest BCUT2D eigenvalue weighted by molar-refractivity contribution is 7.89. The maximum Gasteiger partial charge on any atom is 0.238 e. The molecule has 1 rings (SSSR count). The van der Waals surface area contributed by atoms with Crippen LogP contribution in [-0.2, 0) is 14.8 Å². The Labute approximate surface area is 93.7 Å². The van der Waals surface area contributed by atoms with Gasteiger partial charge >= 0.3 is 0 Å². The van der Waals surface area contributed by atoms with Crippen LogP contribution >= 0.6 is 0 Å². The summed E-state index contributed by atoms with van der Waals surface area (Å²) in [5, 5.41) is 7.49. The number of anilines is 1. The summed E-state index contributed by atoms with van der Waals surface area (Å²) in [5.74, 6) is -0.217. The summed E-state index contributed by atoms with van der Waals surface area (Å²) in [6.07, 6.45) is 0.219. The SMILES string of the molecule is NCCC(=O)Nc1ccc(S(N)(=O)=O)cc1. The number of primary sulfonamides is 1. The number of amides is 1. The van der Waals surface area contributed by atoms with Gasteiger partial charge in [-0.05, 0) is 24.3 Å². The van der Waals surface area contributed by atoms with Crippen molar-refractivity contribution in [1.29, 1.82) is 0 Å². The van der Waals surface area contributed by atoms with Crippen LogP contribution in [0.5, 0.6) is 0 Å². The monoisotopic (exact) mass is 243 g/mol. The zero-order valence-corrected chi connectivity index (χ0v) is 9.33. The van der Waals surface area contributed by atoms with E-state index >= 15 is 0 Å². The molecule has 0 aliphatic carbocycles. The van der Waals surface area contributed by atoms with E-state index in [-0.39, 0.29) is 23.8 Å². The Morgan fingerprint density at radius 1 is 1.25 bits per heavy atom. The van der Waals surface area contributed by atoms with Crippen molar-refractivity contribution >= 4 is 21.6 Å². The molecule has 0 aromatic heterocycles. The summed E-state index contributed by atoms with van der Waals surface area (Å²) in [6, 6.07) is 5.59. The molecule has 0 saturated heterocycles. The Morgan fingerprint density at radius 2 is 1.81 bits per heavy atom. The highest BCUT2D eigenvalue weighted by Gasteiger charge is 2.07. The summed E-state index contributed by atoms with van der Waals surface area (Å²) >= 11 is 0. The van der Waals surface area contributed by atoms with E-state index in [2.05, 4.69) is 5.32 Å². The second kappa shape index (κ2) is 5.06. The van der Waals surface area contributed by atoms with Gasteiger partial charge in [-0.1, -0.05) is 0 Å². The first-order valence-electron chi connectivity index (χ1n) is 4.56. The largest absolute Gasteiger partial charge is 0.330 e. The predicted octanol–water partition coefficient (Wildman–Crippen LogP) is -0.379. The highest BCUT2D eigenvalue weighted by atomic mass is 32.2. The van der Waals surface area contributed by atoms with E-state index in [1.54, 1.807) is 0 Å². The van der Waals surface area contributed by atoms with E-state index in [1.807, 2.05) is 0 Å². The fourth-order valence-electron chi connectivity index (χ4n) is 1.08. The number of carbonyl (C=O) groups is 1. The normalized spacial score (nSPS) is 11.1. The zero-order chi connectivity index (χ0) is 12.2. The number of nitrogens with one attached hydrogen (secondary N) is 1. The van der Waals surface area contributed by atoms with Crippen LogP contribution in [0.3, 0.4) is 0 Å². The fraction of sp³-hybridized carbons (Fsp3) is 0.222. The van der Waals surface area contributed by atoms with Crippen LogP contribution in [-0.4, -0.2) is 20.9 Å². The van der Waals surface area contributed by atoms with Gasteiger partial charge in [-0.25, -0.2) is 13.6 Å². The van der Waals surface area contributed by atoms with Crippen molar-refractivity contribution in [3.63, 3.8) is 0 Å². The number of nitrogens with two attached hydrogens (primary N) is 2. The van der Waals surface area contributed by atoms with Crippen molar-refractivity contribution < 1.29 is 13.2 Å². The van der Waals surface area contributed by atoms with E-state index < -0.39 is 10.0 Å². The minimum Gasteiger partial charge on any atom is -0.330 e. The van der Waals surface area contributed by atoms with E-state index in [4.69, 9.17) is 10.9 Å². The molecule has 0 aliphatic rings. The van der Waals surface area contributed by atoms with E-state index in [1.165, 1.54) is 24.3 Å². The topological polar surface area (TPSA) is 115 Å². The van der Waals surface area contributed by atoms with Crippen LogP contribution in [0.4, 0.5) is 5.69 Å². The summed E-state index contributed by atoms with van der Waals surface area (Å²) in [7, 11) is -3.69. The first-order valence-corrected chi connectivity index (χ1v) is 6.11. The molecule has 1 amide bonds. The van der Waals surface area contributed by atoms with Gasteiger partial charge in [-0.2, -0.15) is 0 Å². The second-order valence-electron chi connectivity index (χ2n) is 3.16. The first-order chi connectivity index (χ1) is 7.43. The Kier molecular flexibility index (Phi) is 3.99. The molecular weight excluding hydrogens is 230 g/mol. The molecule has 1 aromatic rings. The Bertz CT molecular complexity index is 467. The molecule has 7 heteroatoms. The molecule has 0 saturated carbocycles. The molecule has 0 atom stereocenters. The number of sulfonamides is 1. The fourth-order valence-corrected chi connectivity index (χ4v) is 1.60. The van der Waals surface area contributed by atoms with Crippen molar-refractivity contribution in [2.45, 2.75) is 11.3 Å². The third kappa shape index (κ3) is 3.61. The lowest BCUT2D eigenvalue weighted by atomic mass is 10.3. The molecule has 6 nitrogen and oxygen atoms in total. The quantitative estimate of drug-likeness (QED) is 0.668. The van der Waals surface area contributed by atoms with Crippen LogP contribution < -0.4 is 16.2 Å². The van der Waals surface area contributed by atoms with Gasteiger partial charge in [-0.3, -0.25) is 4.79 Å². The van der Waals surface area contributed by atoms with Crippen LogP contribution in [0, 0.1) is 0 Å². The predicted molar refractivity (Wildman–Crippen MR) is 60.1 cm³/mol. The molecule has 1 aromatic carbocycles. The average molecular weight is 243 g/mol. The van der Waals surface area contributed by atoms with E-state index in [0.717, 1.165) is 0 Å². The summed E-state index contributed by atoms with van der Waals surface area (Å²) in [5.41, 5.74) is 5.71. The second-order valence-corrected chi connectivity index (χ2v) is 4.72. The van der Waals surface area contributed by atoms with Gasteiger partial charge in [0.15, 0.2) is 0 Å². The summed E-state index contributed by atoms with van der Waals surface area (Å²) in [6.45, 7) is 0.265. The van der Waals surface area contributed by atoms with Gasteiger partial charge < -0.3 is 11.1 Å². The maximum atomic E-state index is 11.2. The van der Waals surface area contributed by atoms with Gasteiger partial charge in [0.05, 0.1) is 4.90 Å². The maximum absolute atomic E-state index is 11.2. The van der Waals surface area contributed by atoms with Crippen molar-refractivity contribution in [2.24, 2.45) is 10.9 Å². The number of benzene rings is 1. The smallest absolute Gasteiger partial charge is 0.238 e. The molecule has 0 aliphatic heterocycles. The van der Waals surface area contributed by atoms with Gasteiger partial charge in [0.1, 0.15) is 0 Å². The van der Waals surface area contributed by atoms with E-state index in [9.17, 15) is 13.2 Å². The van der Waals surface area contributed by atoms with Gasteiger partial charge in [0.25, 0.3) is 0 Å². The Hall–Kier alpha value is -1.44. The zero-order valence-electron chi connectivity index (χ0n) is 8.51. The Morgan fingerprint density at radius 3 is 2.25 bits per heavy atom. The minimum atomic E-state index is -3.69. The van der Waals surface area contributed by atoms with Crippen LogP contribution in [0.25, 0.3) is 0 Å². The van der Waals surface area contributed by atoms with Crippen LogP contribution in [0.2, 0.25) is 0 Å². The summed E-state index contributed by atoms with van der Waals surface area (Å²) in [4.78, 5) is 11.2. The molecule has 0 fully saturated rings. The third-order valence-electron chi connectivity index (χ3n) is 1.84. The number of carbonyl (C=O) groups excluding carboxylic acids is 1. The average Bonchev–Trinajstić information content (AvgIpc) is 2.17. The standard InChI is InChI=1S/C9H13N3O3S/c10-6-5-9(13)12-7-1-3-8(4-2-7)16(11,14)15/h1-4H,5-6,10H2,(H,12,13)(H2,11,14,15). The van der Waals surface area contributed by atoms with Gasteiger partial charge in [0.2, 0.25) is 15.9 Å². The summed E-state index contributed by atoms with van der Waals surface area (Å²) < 4.78 is 21.9.